The molecule has 20 bridgehead atoms. The number of methoxy groups -OCH3 is 4. The van der Waals surface area contributed by atoms with Crippen LogP contribution in [0.3, 0.4) is 0 Å². The molecule has 0 atom stereocenters. The molecule has 0 amide bonds. The van der Waals surface area contributed by atoms with Crippen molar-refractivity contribution in [2.24, 2.45) is 23.7 Å². The van der Waals surface area contributed by atoms with Gasteiger partial charge in [-0.2, -0.15) is 0 Å². The second kappa shape index (κ2) is 13.9. The minimum atomic E-state index is 0.0578. The van der Waals surface area contributed by atoms with Crippen LogP contribution in [0.4, 0.5) is 0 Å². The van der Waals surface area contributed by atoms with E-state index in [4.69, 9.17) is 38.9 Å². The maximum Gasteiger partial charge on any atom is 0.128 e. The van der Waals surface area contributed by atoms with Crippen LogP contribution in [0.1, 0.15) is 99.3 Å². The molecule has 6 aromatic rings. The second-order valence-corrected chi connectivity index (χ2v) is 21.3. The Morgan fingerprint density at radius 2 is 0.594 bits per heavy atom. The Hall–Kier alpha value is -5.76. The van der Waals surface area contributed by atoms with Gasteiger partial charge in [0.2, 0.25) is 0 Å². The second-order valence-electron chi connectivity index (χ2n) is 21.3. The highest BCUT2D eigenvalue weighted by atomic mass is 16.5. The molecule has 4 spiro atoms. The third-order valence-corrected chi connectivity index (χ3v) is 17.8. The molecule has 8 heteroatoms. The van der Waals surface area contributed by atoms with E-state index in [0.29, 0.717) is 23.7 Å². The van der Waals surface area contributed by atoms with E-state index in [2.05, 4.69) is 72.8 Å². The van der Waals surface area contributed by atoms with E-state index in [1.165, 1.54) is 86.5 Å². The normalized spacial score (nSPS) is 30.9. The van der Waals surface area contributed by atoms with E-state index in [1.807, 2.05) is 24.8 Å². The molecule has 12 aliphatic rings. The zero-order chi connectivity index (χ0) is 43.0. The van der Waals surface area contributed by atoms with Crippen molar-refractivity contribution in [2.45, 2.75) is 98.7 Å². The number of hydrogen-bond acceptors (Lipinski definition) is 8. The van der Waals surface area contributed by atoms with E-state index < -0.39 is 0 Å². The fourth-order valence-corrected chi connectivity index (χ4v) is 16.0. The molecule has 8 fully saturated rings. The highest BCUT2D eigenvalue weighted by molar-refractivity contribution is 5.74. The number of hydrogen-bond donors (Lipinski definition) is 0. The van der Waals surface area contributed by atoms with Crippen LogP contribution >= 0.6 is 0 Å². The predicted octanol–water partition coefficient (Wildman–Crippen LogP) is 11.9. The van der Waals surface area contributed by atoms with Crippen LogP contribution in [0.5, 0.6) is 23.0 Å². The Morgan fingerprint density at radius 1 is 0.359 bits per heavy atom. The van der Waals surface area contributed by atoms with Crippen molar-refractivity contribution in [2.75, 3.05) is 28.4 Å². The average Bonchev–Trinajstić information content (AvgIpc) is 3.32. The molecule has 8 saturated carbocycles. The van der Waals surface area contributed by atoms with Gasteiger partial charge in [-0.1, -0.05) is 24.3 Å². The average molecular weight is 849 g/mol. The Balaban J connectivity index is 1.01. The lowest BCUT2D eigenvalue weighted by Gasteiger charge is -2.63. The fraction of sp³-hybridized carbons (Fsp3) is 0.429. The van der Waals surface area contributed by atoms with E-state index >= 15 is 0 Å². The van der Waals surface area contributed by atoms with Gasteiger partial charge in [-0.05, 0) is 193 Å². The number of benzene rings is 4. The number of nitrogens with zero attached hydrogens (tertiary/aromatic N) is 4. The summed E-state index contributed by atoms with van der Waals surface area (Å²) in [6.07, 6.45) is 22.3. The molecular formula is C56H56N4O4. The van der Waals surface area contributed by atoms with Crippen molar-refractivity contribution in [3.05, 3.63) is 120 Å². The SMILES string of the molecule is COc1ccc2cc1-c1cnc(cn1)-c1cc(ccc1OC)C13CC4CC(C1)CC(C4)(C3)c1ccc(OC)c(c1)-c1cnc(cn1)-c1cc(ccc1OC)C13CC4CC(CC2(C4)C1)C3. The van der Waals surface area contributed by atoms with E-state index in [1.54, 1.807) is 28.4 Å². The molecule has 8 aliphatic carbocycles. The summed E-state index contributed by atoms with van der Waals surface area (Å²) in [6.45, 7) is 0. The van der Waals surface area contributed by atoms with Gasteiger partial charge >= 0.3 is 0 Å². The summed E-state index contributed by atoms with van der Waals surface area (Å²) in [6, 6.07) is 27.6. The van der Waals surface area contributed by atoms with Gasteiger partial charge in [0.05, 0.1) is 76.0 Å². The van der Waals surface area contributed by atoms with Gasteiger partial charge in [0, 0.05) is 22.3 Å². The summed E-state index contributed by atoms with van der Waals surface area (Å²) in [7, 11) is 7.06. The van der Waals surface area contributed by atoms with Crippen LogP contribution in [0, 0.1) is 23.7 Å². The van der Waals surface area contributed by atoms with Crippen LogP contribution in [-0.2, 0) is 21.7 Å². The first-order valence-corrected chi connectivity index (χ1v) is 23.6. The molecule has 64 heavy (non-hydrogen) atoms. The van der Waals surface area contributed by atoms with Crippen LogP contribution < -0.4 is 18.9 Å². The summed E-state index contributed by atoms with van der Waals surface area (Å²) >= 11 is 0. The van der Waals surface area contributed by atoms with E-state index in [9.17, 15) is 0 Å². The van der Waals surface area contributed by atoms with Gasteiger partial charge in [-0.3, -0.25) is 19.9 Å². The Bertz CT molecular complexity index is 2450. The number of aromatic nitrogens is 4. The molecule has 0 radical (unpaired) electrons. The van der Waals surface area contributed by atoms with Crippen LogP contribution in [0.25, 0.3) is 45.0 Å². The molecule has 0 saturated heterocycles. The largest absolute Gasteiger partial charge is 0.496 e. The molecule has 324 valence electrons. The quantitative estimate of drug-likeness (QED) is 0.173. The highest BCUT2D eigenvalue weighted by Crippen LogP contribution is 2.68. The molecule has 4 aromatic carbocycles. The van der Waals surface area contributed by atoms with Crippen molar-refractivity contribution in [3.63, 3.8) is 0 Å². The topological polar surface area (TPSA) is 88.5 Å². The van der Waals surface area contributed by atoms with Crippen molar-refractivity contribution in [1.29, 1.82) is 0 Å². The molecule has 18 rings (SSSR count). The number of rotatable bonds is 4. The maximum atomic E-state index is 6.06. The smallest absolute Gasteiger partial charge is 0.128 e. The van der Waals surface area contributed by atoms with Gasteiger partial charge < -0.3 is 18.9 Å². The summed E-state index contributed by atoms with van der Waals surface area (Å²) < 4.78 is 24.2. The minimum absolute atomic E-state index is 0.0578. The van der Waals surface area contributed by atoms with Crippen LogP contribution in [0.15, 0.2) is 97.6 Å². The van der Waals surface area contributed by atoms with Gasteiger partial charge in [-0.25, -0.2) is 0 Å². The molecular weight excluding hydrogens is 793 g/mol. The minimum Gasteiger partial charge on any atom is -0.496 e. The standard InChI is InChI=1S/C56H56N4O4/c1-61-49-9-5-37-15-41(49)45-27-58-46(28-57-45)42-16-39(7-10-50(42)62-2)55-23-35-14-36(24-55)26-56(25-35,32-55)40-8-12-52(64-4)44(18-40)48-30-59-47(29-60-48)43-17-38(6-11-51(43)63-3)54-21-33-13-34(22-54)20-53(37,19-33)31-54/h5-12,15-18,27-30,33-36H,13-14,19-26,31-32H2,1-4H3. The molecule has 0 N–H and O–H groups in total. The molecule has 4 aliphatic heterocycles. The molecule has 6 heterocycles. The Labute approximate surface area is 376 Å². The Morgan fingerprint density at radius 3 is 0.797 bits per heavy atom. The van der Waals surface area contributed by atoms with Gasteiger partial charge in [0.15, 0.2) is 0 Å². The molecule has 2 aromatic heterocycles. The van der Waals surface area contributed by atoms with Crippen molar-refractivity contribution in [3.8, 4) is 68.0 Å². The zero-order valence-corrected chi connectivity index (χ0v) is 37.5. The first-order chi connectivity index (χ1) is 31.2. The van der Waals surface area contributed by atoms with Crippen molar-refractivity contribution < 1.29 is 18.9 Å². The monoisotopic (exact) mass is 848 g/mol. The highest BCUT2D eigenvalue weighted by Gasteiger charge is 2.60. The Kier molecular flexibility index (Phi) is 8.38. The summed E-state index contributed by atoms with van der Waals surface area (Å²) in [5.41, 5.74) is 13.1. The molecule has 8 nitrogen and oxygen atoms in total. The third-order valence-electron chi connectivity index (χ3n) is 17.8. The summed E-state index contributed by atoms with van der Waals surface area (Å²) in [5.74, 6) is 5.97. The van der Waals surface area contributed by atoms with Crippen molar-refractivity contribution in [1.82, 2.24) is 19.9 Å². The van der Waals surface area contributed by atoms with Gasteiger partial charge in [0.25, 0.3) is 0 Å². The predicted molar refractivity (Wildman–Crippen MR) is 248 cm³/mol. The van der Waals surface area contributed by atoms with E-state index in [-0.39, 0.29) is 21.7 Å². The third kappa shape index (κ3) is 5.65. The fourth-order valence-electron chi connectivity index (χ4n) is 16.0. The lowest BCUT2D eigenvalue weighted by Crippen LogP contribution is -2.56. The van der Waals surface area contributed by atoms with Crippen LogP contribution in [-0.4, -0.2) is 48.4 Å². The van der Waals surface area contributed by atoms with Crippen molar-refractivity contribution >= 4 is 0 Å². The van der Waals surface area contributed by atoms with Crippen LogP contribution in [0.2, 0.25) is 0 Å². The zero-order valence-electron chi connectivity index (χ0n) is 37.5. The molecule has 0 unspecified atom stereocenters. The number of ether oxygens (including phenoxy) is 4. The lowest BCUT2D eigenvalue weighted by molar-refractivity contribution is -0.0282. The summed E-state index contributed by atoms with van der Waals surface area (Å²) in [4.78, 5) is 20.7. The first kappa shape index (κ1) is 38.7. The van der Waals surface area contributed by atoms with Gasteiger partial charge in [-0.15, -0.1) is 0 Å². The lowest BCUT2D eigenvalue weighted by atomic mass is 9.41. The maximum absolute atomic E-state index is 6.06. The first-order valence-electron chi connectivity index (χ1n) is 23.6. The summed E-state index contributed by atoms with van der Waals surface area (Å²) in [5, 5.41) is 0. The van der Waals surface area contributed by atoms with Gasteiger partial charge in [0.1, 0.15) is 23.0 Å². The van der Waals surface area contributed by atoms with E-state index in [0.717, 1.165) is 80.9 Å².